The average molecular weight is 358 g/mol. The number of ether oxygens (including phenoxy) is 1. The highest BCUT2D eigenvalue weighted by Gasteiger charge is 2.16. The molecule has 0 bridgehead atoms. The van der Waals surface area contributed by atoms with Crippen LogP contribution in [0.5, 0.6) is 5.75 Å². The number of aromatic nitrogens is 2. The van der Waals surface area contributed by atoms with Gasteiger partial charge in [0, 0.05) is 17.3 Å². The maximum atomic E-state index is 12.6. The van der Waals surface area contributed by atoms with Gasteiger partial charge in [-0.25, -0.2) is 4.98 Å². The van der Waals surface area contributed by atoms with Crippen molar-refractivity contribution in [3.63, 3.8) is 0 Å². The van der Waals surface area contributed by atoms with Crippen LogP contribution < -0.4 is 10.1 Å². The number of amides is 1. The number of nitrogens with zero attached hydrogens (tertiary/aromatic N) is 2. The van der Waals surface area contributed by atoms with E-state index < -0.39 is 0 Å². The van der Waals surface area contributed by atoms with E-state index in [0.717, 1.165) is 28.2 Å². The number of carbonyl (C=O) groups is 1. The third-order valence-corrected chi connectivity index (χ3v) is 4.63. The van der Waals surface area contributed by atoms with E-state index in [1.54, 1.807) is 13.2 Å². The molecule has 0 unspecified atom stereocenters. The highest BCUT2D eigenvalue weighted by atomic mass is 35.5. The fourth-order valence-electron chi connectivity index (χ4n) is 2.86. The Balaban J connectivity index is 1.88. The van der Waals surface area contributed by atoms with Gasteiger partial charge in [-0.05, 0) is 44.0 Å². The Labute approximate surface area is 151 Å². The van der Waals surface area contributed by atoms with E-state index in [2.05, 4.69) is 10.3 Å². The van der Waals surface area contributed by atoms with Gasteiger partial charge in [0.2, 0.25) is 5.91 Å². The summed E-state index contributed by atoms with van der Waals surface area (Å²) in [5.74, 6) is 0.404. The summed E-state index contributed by atoms with van der Waals surface area (Å²) in [6, 6.07) is 7.48. The number of halogens is 1. The lowest BCUT2D eigenvalue weighted by atomic mass is 10.2. The Morgan fingerprint density at radius 1 is 1.28 bits per heavy atom. The van der Waals surface area contributed by atoms with Crippen LogP contribution in [0, 0.1) is 20.8 Å². The molecule has 0 saturated heterocycles. The van der Waals surface area contributed by atoms with Crippen LogP contribution in [0.1, 0.15) is 22.5 Å². The predicted octanol–water partition coefficient (Wildman–Crippen LogP) is 4.10. The quantitative estimate of drug-likeness (QED) is 0.764. The van der Waals surface area contributed by atoms with E-state index in [1.807, 2.05) is 49.6 Å². The van der Waals surface area contributed by atoms with Gasteiger partial charge in [0.05, 0.1) is 30.6 Å². The van der Waals surface area contributed by atoms with E-state index in [9.17, 15) is 4.79 Å². The van der Waals surface area contributed by atoms with Crippen LogP contribution in [0.2, 0.25) is 5.02 Å². The van der Waals surface area contributed by atoms with E-state index in [-0.39, 0.29) is 12.3 Å². The summed E-state index contributed by atoms with van der Waals surface area (Å²) in [4.78, 5) is 17.2. The summed E-state index contributed by atoms with van der Waals surface area (Å²) in [6.07, 6.45) is 2.15. The SMILES string of the molecule is COc1cc(Cl)c(C)cc1NC(=O)Cc1c(C)nc2c(C)cccn12. The Bertz CT molecular complexity index is 963. The van der Waals surface area contributed by atoms with Gasteiger partial charge in [-0.2, -0.15) is 0 Å². The number of methoxy groups -OCH3 is 1. The third-order valence-electron chi connectivity index (χ3n) is 4.23. The fraction of sp³-hybridized carbons (Fsp3) is 0.263. The molecule has 2 aromatic heterocycles. The van der Waals surface area contributed by atoms with Crippen molar-refractivity contribution in [1.29, 1.82) is 0 Å². The molecule has 0 radical (unpaired) electrons. The van der Waals surface area contributed by atoms with Crippen molar-refractivity contribution in [2.45, 2.75) is 27.2 Å². The van der Waals surface area contributed by atoms with Gasteiger partial charge >= 0.3 is 0 Å². The average Bonchev–Trinajstić information content (AvgIpc) is 2.88. The van der Waals surface area contributed by atoms with E-state index in [0.29, 0.717) is 16.5 Å². The lowest BCUT2D eigenvalue weighted by Gasteiger charge is -2.12. The molecule has 3 aromatic rings. The van der Waals surface area contributed by atoms with Crippen LogP contribution in [0.3, 0.4) is 0 Å². The standard InChI is InChI=1S/C19H20ClN3O2/c1-11-6-5-7-23-16(13(3)21-19(11)23)10-18(24)22-15-8-12(2)14(20)9-17(15)25-4/h5-9H,10H2,1-4H3,(H,22,24). The zero-order chi connectivity index (χ0) is 18.1. The molecule has 2 heterocycles. The molecule has 0 aliphatic heterocycles. The molecule has 0 atom stereocenters. The molecule has 5 nitrogen and oxygen atoms in total. The summed E-state index contributed by atoms with van der Waals surface area (Å²) in [6.45, 7) is 5.81. The highest BCUT2D eigenvalue weighted by Crippen LogP contribution is 2.31. The molecule has 1 N–H and O–H groups in total. The third kappa shape index (κ3) is 3.33. The van der Waals surface area contributed by atoms with Crippen molar-refractivity contribution < 1.29 is 9.53 Å². The predicted molar refractivity (Wildman–Crippen MR) is 99.7 cm³/mol. The van der Waals surface area contributed by atoms with Crippen molar-refractivity contribution in [3.8, 4) is 5.75 Å². The van der Waals surface area contributed by atoms with E-state index >= 15 is 0 Å². The molecule has 0 aliphatic rings. The Morgan fingerprint density at radius 3 is 2.76 bits per heavy atom. The summed E-state index contributed by atoms with van der Waals surface area (Å²) >= 11 is 6.11. The second-order valence-corrected chi connectivity index (χ2v) is 6.46. The van der Waals surface area contributed by atoms with Crippen LogP contribution in [0.4, 0.5) is 5.69 Å². The van der Waals surface area contributed by atoms with Gasteiger partial charge in [0.25, 0.3) is 0 Å². The van der Waals surface area contributed by atoms with Crippen molar-refractivity contribution in [2.75, 3.05) is 12.4 Å². The van der Waals surface area contributed by atoms with Crippen molar-refractivity contribution >= 4 is 28.8 Å². The highest BCUT2D eigenvalue weighted by molar-refractivity contribution is 6.31. The number of hydrogen-bond acceptors (Lipinski definition) is 3. The zero-order valence-electron chi connectivity index (χ0n) is 14.7. The Hall–Kier alpha value is -2.53. The van der Waals surface area contributed by atoms with Gasteiger partial charge in [-0.15, -0.1) is 0 Å². The largest absolute Gasteiger partial charge is 0.495 e. The number of hydrogen-bond donors (Lipinski definition) is 1. The summed E-state index contributed by atoms with van der Waals surface area (Å²) in [5, 5.41) is 3.51. The van der Waals surface area contributed by atoms with Crippen LogP contribution in [-0.4, -0.2) is 22.4 Å². The fourth-order valence-corrected chi connectivity index (χ4v) is 3.01. The number of benzene rings is 1. The van der Waals surface area contributed by atoms with Gasteiger partial charge in [-0.3, -0.25) is 4.79 Å². The minimum atomic E-state index is -0.133. The molecule has 3 rings (SSSR count). The van der Waals surface area contributed by atoms with Crippen molar-refractivity contribution in [1.82, 2.24) is 9.38 Å². The number of aryl methyl sites for hydroxylation is 3. The second-order valence-electron chi connectivity index (χ2n) is 6.06. The molecule has 0 saturated carbocycles. The lowest BCUT2D eigenvalue weighted by molar-refractivity contribution is -0.115. The van der Waals surface area contributed by atoms with E-state index in [4.69, 9.17) is 16.3 Å². The Morgan fingerprint density at radius 2 is 2.04 bits per heavy atom. The van der Waals surface area contributed by atoms with Crippen molar-refractivity contribution in [3.05, 3.63) is 58.0 Å². The van der Waals surface area contributed by atoms with Crippen LogP contribution in [0.25, 0.3) is 5.65 Å². The minimum Gasteiger partial charge on any atom is -0.495 e. The number of imidazole rings is 1. The number of nitrogens with one attached hydrogen (secondary N) is 1. The number of fused-ring (bicyclic) bond motifs is 1. The van der Waals surface area contributed by atoms with Gasteiger partial charge < -0.3 is 14.5 Å². The molecule has 0 aliphatic carbocycles. The lowest BCUT2D eigenvalue weighted by Crippen LogP contribution is -2.17. The molecular formula is C19H20ClN3O2. The van der Waals surface area contributed by atoms with Crippen molar-refractivity contribution in [2.24, 2.45) is 0 Å². The first-order valence-corrected chi connectivity index (χ1v) is 8.35. The maximum Gasteiger partial charge on any atom is 0.230 e. The molecule has 0 spiro atoms. The number of rotatable bonds is 4. The topological polar surface area (TPSA) is 55.6 Å². The molecule has 1 aromatic carbocycles. The minimum absolute atomic E-state index is 0.133. The molecule has 0 fully saturated rings. The summed E-state index contributed by atoms with van der Waals surface area (Å²) < 4.78 is 7.28. The van der Waals surface area contributed by atoms with Crippen LogP contribution in [0.15, 0.2) is 30.5 Å². The van der Waals surface area contributed by atoms with Crippen LogP contribution >= 0.6 is 11.6 Å². The molecular weight excluding hydrogens is 338 g/mol. The van der Waals surface area contributed by atoms with Gasteiger partial charge in [-0.1, -0.05) is 17.7 Å². The zero-order valence-corrected chi connectivity index (χ0v) is 15.4. The monoisotopic (exact) mass is 357 g/mol. The first-order chi connectivity index (χ1) is 11.9. The first kappa shape index (κ1) is 17.3. The summed E-state index contributed by atoms with van der Waals surface area (Å²) in [7, 11) is 1.55. The summed E-state index contributed by atoms with van der Waals surface area (Å²) in [5.41, 5.74) is 5.16. The molecule has 130 valence electrons. The first-order valence-electron chi connectivity index (χ1n) is 7.98. The normalized spacial score (nSPS) is 10.9. The number of carbonyl (C=O) groups excluding carboxylic acids is 1. The molecule has 25 heavy (non-hydrogen) atoms. The van der Waals surface area contributed by atoms with Gasteiger partial charge in [0.15, 0.2) is 0 Å². The smallest absolute Gasteiger partial charge is 0.230 e. The molecule has 1 amide bonds. The van der Waals surface area contributed by atoms with E-state index in [1.165, 1.54) is 0 Å². The van der Waals surface area contributed by atoms with Crippen LogP contribution in [-0.2, 0) is 11.2 Å². The second kappa shape index (κ2) is 6.76. The number of anilines is 1. The Kier molecular flexibility index (Phi) is 4.68. The van der Waals surface area contributed by atoms with Gasteiger partial charge in [0.1, 0.15) is 11.4 Å². The number of pyridine rings is 1. The maximum absolute atomic E-state index is 12.6. The molecule has 6 heteroatoms.